The Bertz CT molecular complexity index is 1720. The van der Waals surface area contributed by atoms with Gasteiger partial charge in [0.15, 0.2) is 28.9 Å². The summed E-state index contributed by atoms with van der Waals surface area (Å²) in [7, 11) is 0. The van der Waals surface area contributed by atoms with Gasteiger partial charge >= 0.3 is 0 Å². The molecule has 1 aromatic rings. The number of rotatable bonds is 7. The van der Waals surface area contributed by atoms with E-state index in [2.05, 4.69) is 0 Å². The van der Waals surface area contributed by atoms with Gasteiger partial charge in [-0.05, 0) is 73.6 Å². The van der Waals surface area contributed by atoms with Crippen molar-refractivity contribution in [1.29, 1.82) is 0 Å². The Morgan fingerprint density at radius 1 is 0.796 bits per heavy atom. The molecule has 1 unspecified atom stereocenters. The summed E-state index contributed by atoms with van der Waals surface area (Å²) in [4.78, 5) is 70.9. The highest BCUT2D eigenvalue weighted by Gasteiger charge is 2.72. The number of allylic oxidation sites excluding steroid dienone is 2. The van der Waals surface area contributed by atoms with Crippen LogP contribution >= 0.6 is 0 Å². The van der Waals surface area contributed by atoms with Crippen molar-refractivity contribution in [1.82, 2.24) is 0 Å². The maximum absolute atomic E-state index is 14.5. The van der Waals surface area contributed by atoms with Crippen molar-refractivity contribution in [3.05, 3.63) is 28.0 Å². The van der Waals surface area contributed by atoms with Crippen LogP contribution in [-0.4, -0.2) is 44.9 Å². The zero-order valence-electron chi connectivity index (χ0n) is 31.5. The Morgan fingerprint density at radius 3 is 1.92 bits per heavy atom. The number of hydrogen-bond acceptors (Lipinski definition) is 9. The van der Waals surface area contributed by atoms with Gasteiger partial charge in [0, 0.05) is 35.0 Å². The highest BCUT2D eigenvalue weighted by atomic mass is 16.6. The largest absolute Gasteiger partial charge is 0.507 e. The van der Waals surface area contributed by atoms with E-state index in [1.807, 2.05) is 34.6 Å². The number of unbranched alkanes of at least 4 members (excludes halogenated alkanes) is 2. The van der Waals surface area contributed by atoms with E-state index in [0.717, 1.165) is 12.8 Å². The first-order valence-corrected chi connectivity index (χ1v) is 17.8. The zero-order chi connectivity index (χ0) is 37.1. The molecule has 0 aromatic heterocycles. The molecule has 2 aliphatic carbocycles. The molecule has 9 nitrogen and oxygen atoms in total. The lowest BCUT2D eigenvalue weighted by Crippen LogP contribution is -2.72. The molecule has 1 fully saturated rings. The van der Waals surface area contributed by atoms with Gasteiger partial charge in [0.05, 0.1) is 27.6 Å². The molecule has 1 saturated carbocycles. The van der Waals surface area contributed by atoms with Crippen molar-refractivity contribution < 1.29 is 43.7 Å². The van der Waals surface area contributed by atoms with Crippen molar-refractivity contribution >= 4 is 28.9 Å². The second kappa shape index (κ2) is 11.3. The first-order valence-electron chi connectivity index (χ1n) is 17.8. The summed E-state index contributed by atoms with van der Waals surface area (Å²) in [6.07, 6.45) is 2.25. The number of benzene rings is 1. The van der Waals surface area contributed by atoms with Crippen molar-refractivity contribution in [3.63, 3.8) is 0 Å². The van der Waals surface area contributed by atoms with Gasteiger partial charge < -0.3 is 19.7 Å². The summed E-state index contributed by atoms with van der Waals surface area (Å²) in [5, 5.41) is 25.0. The predicted molar refractivity (Wildman–Crippen MR) is 184 cm³/mol. The fraction of sp³-hybridized carbons (Fsp3) is 0.675. The Labute approximate surface area is 290 Å². The number of phenolic OH excluding ortho intramolecular Hbond substituents is 1. The van der Waals surface area contributed by atoms with Crippen LogP contribution in [0.15, 0.2) is 11.3 Å². The second-order valence-electron chi connectivity index (χ2n) is 17.6. The second-order valence-corrected chi connectivity index (χ2v) is 17.6. The van der Waals surface area contributed by atoms with Crippen LogP contribution in [0.1, 0.15) is 149 Å². The lowest BCUT2D eigenvalue weighted by Gasteiger charge is -2.58. The van der Waals surface area contributed by atoms with E-state index in [4.69, 9.17) is 9.47 Å². The van der Waals surface area contributed by atoms with E-state index in [1.54, 1.807) is 55.4 Å². The summed E-state index contributed by atoms with van der Waals surface area (Å²) < 4.78 is 13.3. The molecule has 0 saturated heterocycles. The molecule has 2 aliphatic heterocycles. The first kappa shape index (κ1) is 36.9. The molecule has 0 bridgehead atoms. The molecular weight excluding hydrogens is 624 g/mol. The van der Waals surface area contributed by atoms with E-state index in [0.29, 0.717) is 12.0 Å². The summed E-state index contributed by atoms with van der Waals surface area (Å²) in [6, 6.07) is 0. The van der Waals surface area contributed by atoms with Gasteiger partial charge in [-0.15, -0.1) is 0 Å². The SMILES string of the molecule is CCCCCC(=O)c1c(O)c2c(c3c1O[C@@]1(O)C(C(=O)C(C)(C)C(=O)C1(C)C)[C@@H]3C(C)C)OC1=C(C(=O)C(C)(C)C(=O)C1(C)C)[C@@H]2C(C)C. The number of Topliss-reactive ketones (excluding diaryl/α,β-unsaturated/α-hetero) is 5. The van der Waals surface area contributed by atoms with Crippen LogP contribution in [0, 0.1) is 39.4 Å². The Kier molecular flexibility index (Phi) is 8.55. The van der Waals surface area contributed by atoms with Crippen LogP contribution in [0.4, 0.5) is 0 Å². The lowest BCUT2D eigenvalue weighted by molar-refractivity contribution is -0.264. The molecular formula is C40H54O9. The van der Waals surface area contributed by atoms with Gasteiger partial charge in [-0.1, -0.05) is 47.5 Å². The van der Waals surface area contributed by atoms with E-state index in [1.165, 1.54) is 0 Å². The van der Waals surface area contributed by atoms with Gasteiger partial charge in [-0.3, -0.25) is 24.0 Å². The van der Waals surface area contributed by atoms with E-state index < -0.39 is 74.1 Å². The molecule has 2 N–H and O–H groups in total. The standard InChI is InChI=1S/C40H54O9/c1-14-15-16-17-20(41)23-28(42)24-21(18(2)3)26-31(43)36(6,7)34(45)38(10,11)33(26)48-29(24)25-22(19(4)5)27-32(44)37(8,9)35(46)39(12,13)40(27,47)49-30(23)25/h18-19,21-22,27,42,47H,14-17H2,1-13H3/t21-,22-,27?,40+/m1/s1. The Hall–Kier alpha value is -3.33. The normalized spacial score (nSPS) is 29.2. The third-order valence-electron chi connectivity index (χ3n) is 12.0. The number of fused-ring (bicyclic) bond motifs is 4. The van der Waals surface area contributed by atoms with Crippen molar-refractivity contribution in [2.24, 2.45) is 39.4 Å². The van der Waals surface area contributed by atoms with Crippen LogP contribution in [0.5, 0.6) is 17.2 Å². The maximum Gasteiger partial charge on any atom is 0.230 e. The van der Waals surface area contributed by atoms with Crippen LogP contribution in [0.3, 0.4) is 0 Å². The molecule has 1 aromatic carbocycles. The Balaban J connectivity index is 1.96. The molecule has 49 heavy (non-hydrogen) atoms. The maximum atomic E-state index is 14.5. The number of aromatic hydroxyl groups is 1. The highest BCUT2D eigenvalue weighted by Crippen LogP contribution is 2.66. The van der Waals surface area contributed by atoms with Crippen LogP contribution in [0.25, 0.3) is 0 Å². The van der Waals surface area contributed by atoms with E-state index >= 15 is 0 Å². The third-order valence-corrected chi connectivity index (χ3v) is 12.0. The van der Waals surface area contributed by atoms with Gasteiger partial charge in [0.1, 0.15) is 28.6 Å². The average molecular weight is 679 g/mol. The molecule has 4 atom stereocenters. The molecule has 2 heterocycles. The van der Waals surface area contributed by atoms with Crippen molar-refractivity contribution in [2.45, 2.75) is 133 Å². The van der Waals surface area contributed by atoms with E-state index in [-0.39, 0.29) is 58.0 Å². The molecule has 4 aliphatic rings. The number of carbonyl (C=O) groups is 5. The molecule has 5 rings (SSSR count). The summed E-state index contributed by atoms with van der Waals surface area (Å²) in [5.41, 5.74) is -4.97. The number of aliphatic hydroxyl groups is 1. The van der Waals surface area contributed by atoms with Crippen LogP contribution in [0.2, 0.25) is 0 Å². The summed E-state index contributed by atoms with van der Waals surface area (Å²) in [5.74, 6) is -8.26. The van der Waals surface area contributed by atoms with Gasteiger partial charge in [0.25, 0.3) is 0 Å². The average Bonchev–Trinajstić information content (AvgIpc) is 3.00. The molecule has 0 amide bonds. The fourth-order valence-electron chi connectivity index (χ4n) is 9.25. The van der Waals surface area contributed by atoms with Crippen molar-refractivity contribution in [3.8, 4) is 17.2 Å². The van der Waals surface area contributed by atoms with Crippen LogP contribution < -0.4 is 9.47 Å². The Morgan fingerprint density at radius 2 is 1.39 bits per heavy atom. The molecule has 268 valence electrons. The minimum Gasteiger partial charge on any atom is -0.507 e. The molecule has 0 spiro atoms. The molecule has 0 radical (unpaired) electrons. The number of ketones is 5. The quantitative estimate of drug-likeness (QED) is 0.171. The molecule has 9 heteroatoms. The number of carbonyl (C=O) groups excluding carboxylic acids is 5. The number of ether oxygens (including phenoxy) is 2. The van der Waals surface area contributed by atoms with Gasteiger partial charge in [0.2, 0.25) is 5.79 Å². The minimum atomic E-state index is -2.37. The van der Waals surface area contributed by atoms with Gasteiger partial charge in [-0.2, -0.15) is 0 Å². The summed E-state index contributed by atoms with van der Waals surface area (Å²) in [6.45, 7) is 22.5. The fourth-order valence-corrected chi connectivity index (χ4v) is 9.25. The van der Waals surface area contributed by atoms with Crippen molar-refractivity contribution in [2.75, 3.05) is 0 Å². The zero-order valence-corrected chi connectivity index (χ0v) is 31.5. The summed E-state index contributed by atoms with van der Waals surface area (Å²) >= 11 is 0. The topological polar surface area (TPSA) is 144 Å². The van der Waals surface area contributed by atoms with Gasteiger partial charge in [-0.25, -0.2) is 0 Å². The lowest BCUT2D eigenvalue weighted by atomic mass is 9.51. The number of hydrogen-bond donors (Lipinski definition) is 2. The third kappa shape index (κ3) is 4.69. The first-order chi connectivity index (χ1) is 22.4. The van der Waals surface area contributed by atoms with E-state index in [9.17, 15) is 34.2 Å². The predicted octanol–water partition coefficient (Wildman–Crippen LogP) is 7.39. The van der Waals surface area contributed by atoms with Crippen LogP contribution in [-0.2, 0) is 19.2 Å². The highest BCUT2D eigenvalue weighted by molar-refractivity contribution is 6.20. The number of phenols is 1. The monoisotopic (exact) mass is 678 g/mol. The smallest absolute Gasteiger partial charge is 0.230 e. The minimum absolute atomic E-state index is 0.0765.